The highest BCUT2D eigenvalue weighted by Crippen LogP contribution is 2.42. The summed E-state index contributed by atoms with van der Waals surface area (Å²) in [6.07, 6.45) is 15.5. The van der Waals surface area contributed by atoms with Crippen molar-refractivity contribution in [2.45, 2.75) is 91.4 Å². The average molecular weight is 359 g/mol. The van der Waals surface area contributed by atoms with Gasteiger partial charge >= 0.3 is 0 Å². The number of benzene rings is 1. The number of methoxy groups -OCH3 is 1. The predicted octanol–water partition coefficient (Wildman–Crippen LogP) is 6.65. The van der Waals surface area contributed by atoms with Gasteiger partial charge in [0.1, 0.15) is 11.5 Å². The maximum absolute atomic E-state index is 10.3. The predicted molar refractivity (Wildman–Crippen MR) is 109 cm³/mol. The van der Waals surface area contributed by atoms with Crippen LogP contribution in [0.5, 0.6) is 11.5 Å². The zero-order valence-corrected chi connectivity index (χ0v) is 17.4. The number of hydrogen-bond acceptors (Lipinski definition) is 2. The number of hydrogen-bond donors (Lipinski definition) is 1. The summed E-state index contributed by atoms with van der Waals surface area (Å²) in [5, 5.41) is 10.3. The highest BCUT2D eigenvalue weighted by atomic mass is 16.5. The van der Waals surface area contributed by atoms with Crippen LogP contribution in [0.3, 0.4) is 0 Å². The molecule has 0 aliphatic heterocycles. The lowest BCUT2D eigenvalue weighted by Gasteiger charge is -2.33. The molecule has 146 valence electrons. The third-order valence-corrected chi connectivity index (χ3v) is 7.39. The van der Waals surface area contributed by atoms with Crippen LogP contribution >= 0.6 is 0 Å². The van der Waals surface area contributed by atoms with Crippen LogP contribution in [0.2, 0.25) is 0 Å². The van der Waals surface area contributed by atoms with E-state index in [1.807, 2.05) is 13.8 Å². The molecule has 0 amide bonds. The zero-order valence-electron chi connectivity index (χ0n) is 17.4. The first kappa shape index (κ1) is 19.6. The zero-order chi connectivity index (χ0) is 18.7. The number of ether oxygens (including phenoxy) is 1. The molecule has 0 radical (unpaired) electrons. The fourth-order valence-corrected chi connectivity index (χ4v) is 5.57. The quantitative estimate of drug-likeness (QED) is 0.639. The minimum Gasteiger partial charge on any atom is -0.507 e. The van der Waals surface area contributed by atoms with Crippen LogP contribution in [-0.2, 0) is 6.42 Å². The molecule has 2 aliphatic carbocycles. The van der Waals surface area contributed by atoms with Gasteiger partial charge in [-0.05, 0) is 80.9 Å². The number of aromatic hydroxyl groups is 1. The van der Waals surface area contributed by atoms with Gasteiger partial charge in [0.2, 0.25) is 0 Å². The Balaban J connectivity index is 1.61. The van der Waals surface area contributed by atoms with E-state index in [-0.39, 0.29) is 0 Å². The van der Waals surface area contributed by atoms with Crippen LogP contribution in [-0.4, -0.2) is 12.2 Å². The Morgan fingerprint density at radius 2 is 1.35 bits per heavy atom. The van der Waals surface area contributed by atoms with Gasteiger partial charge in [-0.2, -0.15) is 0 Å². The van der Waals surface area contributed by atoms with Crippen LogP contribution in [0.25, 0.3) is 0 Å². The molecule has 26 heavy (non-hydrogen) atoms. The van der Waals surface area contributed by atoms with E-state index >= 15 is 0 Å². The Morgan fingerprint density at radius 3 is 1.96 bits per heavy atom. The summed E-state index contributed by atoms with van der Waals surface area (Å²) in [6, 6.07) is 0. The normalized spacial score (nSPS) is 24.6. The molecule has 0 spiro atoms. The molecule has 2 nitrogen and oxygen atoms in total. The average Bonchev–Trinajstić information content (AvgIpc) is 2.67. The van der Waals surface area contributed by atoms with Gasteiger partial charge in [-0.25, -0.2) is 0 Å². The molecule has 1 aromatic carbocycles. The van der Waals surface area contributed by atoms with Gasteiger partial charge in [0, 0.05) is 5.56 Å². The van der Waals surface area contributed by atoms with E-state index in [0.717, 1.165) is 41.1 Å². The molecule has 2 heteroatoms. The Morgan fingerprint density at radius 1 is 0.769 bits per heavy atom. The lowest BCUT2D eigenvalue weighted by atomic mass is 9.73. The molecule has 0 saturated heterocycles. The Bertz CT molecular complexity index is 605. The lowest BCUT2D eigenvalue weighted by Crippen LogP contribution is -2.20. The largest absolute Gasteiger partial charge is 0.507 e. The monoisotopic (exact) mass is 358 g/mol. The summed E-state index contributed by atoms with van der Waals surface area (Å²) >= 11 is 0. The molecule has 2 saturated carbocycles. The van der Waals surface area contributed by atoms with Gasteiger partial charge < -0.3 is 9.84 Å². The molecular weight excluding hydrogens is 320 g/mol. The highest BCUT2D eigenvalue weighted by molar-refractivity contribution is 5.57. The lowest BCUT2D eigenvalue weighted by molar-refractivity contribution is 0.210. The van der Waals surface area contributed by atoms with E-state index in [0.29, 0.717) is 5.75 Å². The minimum atomic E-state index is 0.402. The fourth-order valence-electron chi connectivity index (χ4n) is 5.57. The molecule has 0 bridgehead atoms. The Hall–Kier alpha value is -1.18. The van der Waals surface area contributed by atoms with E-state index in [1.54, 1.807) is 7.11 Å². The van der Waals surface area contributed by atoms with Crippen LogP contribution in [0.1, 0.15) is 86.5 Å². The van der Waals surface area contributed by atoms with E-state index < -0.39 is 0 Å². The molecule has 1 N–H and O–H groups in total. The van der Waals surface area contributed by atoms with E-state index in [4.69, 9.17) is 4.74 Å². The Kier molecular flexibility index (Phi) is 6.53. The molecule has 3 rings (SSSR count). The molecule has 0 aromatic heterocycles. The van der Waals surface area contributed by atoms with E-state index in [2.05, 4.69) is 6.92 Å². The molecule has 0 unspecified atom stereocenters. The maximum atomic E-state index is 10.3. The van der Waals surface area contributed by atoms with Crippen LogP contribution in [0, 0.1) is 38.5 Å². The molecule has 0 atom stereocenters. The van der Waals surface area contributed by atoms with Crippen LogP contribution in [0.15, 0.2) is 0 Å². The van der Waals surface area contributed by atoms with E-state index in [1.165, 1.54) is 75.3 Å². The SMILES string of the molecule is COc1c(C)c(O)c(C)c(C)c1CC1CCC(CC2CCCCC2)CC1. The van der Waals surface area contributed by atoms with Crippen molar-refractivity contribution in [2.24, 2.45) is 17.8 Å². The van der Waals surface area contributed by atoms with Gasteiger partial charge in [-0.1, -0.05) is 44.9 Å². The van der Waals surface area contributed by atoms with Crippen molar-refractivity contribution in [1.29, 1.82) is 0 Å². The van der Waals surface area contributed by atoms with Gasteiger partial charge in [0.05, 0.1) is 7.11 Å². The van der Waals surface area contributed by atoms with Crippen molar-refractivity contribution in [3.05, 3.63) is 22.3 Å². The molecular formula is C24H38O2. The number of phenolic OH excluding ortho intramolecular Hbond substituents is 1. The highest BCUT2D eigenvalue weighted by Gasteiger charge is 2.27. The summed E-state index contributed by atoms with van der Waals surface area (Å²) in [4.78, 5) is 0. The van der Waals surface area contributed by atoms with Gasteiger partial charge in [-0.15, -0.1) is 0 Å². The summed E-state index contributed by atoms with van der Waals surface area (Å²) < 4.78 is 5.70. The third kappa shape index (κ3) is 4.21. The second-order valence-corrected chi connectivity index (χ2v) is 9.07. The molecule has 1 aromatic rings. The van der Waals surface area contributed by atoms with Gasteiger partial charge in [-0.3, -0.25) is 0 Å². The summed E-state index contributed by atoms with van der Waals surface area (Å²) in [6.45, 7) is 6.15. The minimum absolute atomic E-state index is 0.402. The fraction of sp³-hybridized carbons (Fsp3) is 0.750. The second-order valence-electron chi connectivity index (χ2n) is 9.07. The second kappa shape index (κ2) is 8.67. The Labute approximate surface area is 160 Å². The summed E-state index contributed by atoms with van der Waals surface area (Å²) in [7, 11) is 1.74. The van der Waals surface area contributed by atoms with Crippen LogP contribution < -0.4 is 4.74 Å². The number of phenols is 1. The van der Waals surface area contributed by atoms with Gasteiger partial charge in [0.25, 0.3) is 0 Å². The van der Waals surface area contributed by atoms with Crippen molar-refractivity contribution in [1.82, 2.24) is 0 Å². The van der Waals surface area contributed by atoms with Crippen molar-refractivity contribution in [3.63, 3.8) is 0 Å². The van der Waals surface area contributed by atoms with Crippen molar-refractivity contribution < 1.29 is 9.84 Å². The molecule has 2 fully saturated rings. The van der Waals surface area contributed by atoms with Crippen molar-refractivity contribution in [2.75, 3.05) is 7.11 Å². The maximum Gasteiger partial charge on any atom is 0.128 e. The summed E-state index contributed by atoms with van der Waals surface area (Å²) in [5.74, 6) is 4.08. The molecule has 2 aliphatic rings. The first-order valence-electron chi connectivity index (χ1n) is 10.9. The van der Waals surface area contributed by atoms with E-state index in [9.17, 15) is 5.11 Å². The van der Waals surface area contributed by atoms with Gasteiger partial charge in [0.15, 0.2) is 0 Å². The third-order valence-electron chi connectivity index (χ3n) is 7.39. The number of rotatable bonds is 5. The summed E-state index contributed by atoms with van der Waals surface area (Å²) in [5.41, 5.74) is 4.46. The van der Waals surface area contributed by atoms with Crippen LogP contribution in [0.4, 0.5) is 0 Å². The van der Waals surface area contributed by atoms with Crippen molar-refractivity contribution in [3.8, 4) is 11.5 Å². The topological polar surface area (TPSA) is 29.5 Å². The first-order valence-corrected chi connectivity index (χ1v) is 10.9. The van der Waals surface area contributed by atoms with Crippen molar-refractivity contribution >= 4 is 0 Å². The molecule has 0 heterocycles. The first-order chi connectivity index (χ1) is 12.5. The standard InChI is InChI=1S/C24H38O2/c1-16-17(2)23(25)18(3)24(26-4)22(16)15-21-12-10-20(11-13-21)14-19-8-6-5-7-9-19/h19-21,25H,5-15H2,1-4H3. The smallest absolute Gasteiger partial charge is 0.128 e.